The van der Waals surface area contributed by atoms with Gasteiger partial charge in [-0.1, -0.05) is 17.7 Å². The maximum atomic E-state index is 13.9. The van der Waals surface area contributed by atoms with Gasteiger partial charge in [-0.05, 0) is 31.0 Å². The first-order valence-electron chi connectivity index (χ1n) is 8.46. The Bertz CT molecular complexity index is 772. The van der Waals surface area contributed by atoms with Crippen LogP contribution in [-0.4, -0.2) is 52.3 Å². The molecule has 1 aromatic rings. The van der Waals surface area contributed by atoms with Crippen molar-refractivity contribution in [1.29, 1.82) is 0 Å². The van der Waals surface area contributed by atoms with Crippen molar-refractivity contribution in [1.82, 2.24) is 9.80 Å². The second kappa shape index (κ2) is 6.87. The molecule has 2 amide bonds. The predicted molar refractivity (Wildman–Crippen MR) is 91.9 cm³/mol. The molecule has 0 aliphatic carbocycles. The number of carbonyl (C=O) groups is 3. The normalized spacial score (nSPS) is 28.7. The minimum absolute atomic E-state index is 0.0191. The van der Waals surface area contributed by atoms with Gasteiger partial charge in [0.2, 0.25) is 11.8 Å². The molecular weight excluding hydrogens is 363 g/mol. The minimum Gasteiger partial charge on any atom is -0.481 e. The molecule has 0 saturated carbocycles. The fourth-order valence-electron chi connectivity index (χ4n) is 4.04. The van der Waals surface area contributed by atoms with E-state index in [4.69, 9.17) is 11.6 Å². The van der Waals surface area contributed by atoms with Crippen LogP contribution in [0.25, 0.3) is 0 Å². The zero-order valence-electron chi connectivity index (χ0n) is 14.5. The summed E-state index contributed by atoms with van der Waals surface area (Å²) in [6.45, 7) is 2.05. The van der Waals surface area contributed by atoms with Gasteiger partial charge in [0.05, 0.1) is 22.9 Å². The molecular formula is C18H20ClFN2O4. The van der Waals surface area contributed by atoms with Gasteiger partial charge in [-0.25, -0.2) is 4.39 Å². The van der Waals surface area contributed by atoms with E-state index in [1.54, 1.807) is 20.0 Å². The molecule has 26 heavy (non-hydrogen) atoms. The number of hydrogen-bond acceptors (Lipinski definition) is 3. The van der Waals surface area contributed by atoms with Gasteiger partial charge in [-0.2, -0.15) is 0 Å². The first kappa shape index (κ1) is 18.6. The van der Waals surface area contributed by atoms with Crippen LogP contribution in [0.4, 0.5) is 4.39 Å². The summed E-state index contributed by atoms with van der Waals surface area (Å²) in [5.74, 6) is -3.29. The van der Waals surface area contributed by atoms with Gasteiger partial charge in [-0.3, -0.25) is 14.4 Å². The van der Waals surface area contributed by atoms with E-state index in [9.17, 15) is 23.9 Å². The van der Waals surface area contributed by atoms with Crippen LogP contribution in [0.15, 0.2) is 18.2 Å². The third-order valence-electron chi connectivity index (χ3n) is 5.54. The van der Waals surface area contributed by atoms with Gasteiger partial charge >= 0.3 is 5.97 Å². The van der Waals surface area contributed by atoms with E-state index in [2.05, 4.69) is 0 Å². The average molecular weight is 383 g/mol. The number of amides is 2. The van der Waals surface area contributed by atoms with E-state index in [0.717, 1.165) is 0 Å². The Morgan fingerprint density at radius 3 is 2.58 bits per heavy atom. The second-order valence-electron chi connectivity index (χ2n) is 6.94. The van der Waals surface area contributed by atoms with Crippen LogP contribution in [0.2, 0.25) is 5.02 Å². The van der Waals surface area contributed by atoms with Crippen molar-refractivity contribution in [3.63, 3.8) is 0 Å². The highest BCUT2D eigenvalue weighted by molar-refractivity contribution is 6.30. The summed E-state index contributed by atoms with van der Waals surface area (Å²) in [4.78, 5) is 39.6. The Balaban J connectivity index is 1.89. The number of rotatable bonds is 3. The lowest BCUT2D eigenvalue weighted by Gasteiger charge is -2.30. The van der Waals surface area contributed by atoms with E-state index < -0.39 is 35.7 Å². The molecule has 6 nitrogen and oxygen atoms in total. The van der Waals surface area contributed by atoms with Crippen LogP contribution >= 0.6 is 11.6 Å². The van der Waals surface area contributed by atoms with Gasteiger partial charge in [-0.15, -0.1) is 0 Å². The van der Waals surface area contributed by atoms with Crippen molar-refractivity contribution in [3.8, 4) is 0 Å². The molecule has 2 heterocycles. The van der Waals surface area contributed by atoms with Crippen LogP contribution < -0.4 is 0 Å². The molecule has 2 aliphatic heterocycles. The zero-order valence-corrected chi connectivity index (χ0v) is 15.2. The smallest absolute Gasteiger partial charge is 0.308 e. The summed E-state index contributed by atoms with van der Waals surface area (Å²) in [5.41, 5.74) is 0.500. The molecule has 0 radical (unpaired) electrons. The molecule has 0 spiro atoms. The lowest BCUT2D eigenvalue weighted by Crippen LogP contribution is -2.42. The van der Waals surface area contributed by atoms with Crippen molar-refractivity contribution in [2.24, 2.45) is 11.8 Å². The average Bonchev–Trinajstić information content (AvgIpc) is 3.10. The minimum atomic E-state index is -0.927. The molecule has 1 aromatic carbocycles. The molecule has 2 saturated heterocycles. The lowest BCUT2D eigenvalue weighted by molar-refractivity contribution is -0.144. The quantitative estimate of drug-likeness (QED) is 0.870. The summed E-state index contributed by atoms with van der Waals surface area (Å²) in [6, 6.07) is 3.22. The molecule has 0 aromatic heterocycles. The van der Waals surface area contributed by atoms with E-state index in [1.807, 2.05) is 0 Å². The highest BCUT2D eigenvalue weighted by Gasteiger charge is 2.47. The standard InChI is InChI=1S/C18H20ClFN2O4/c1-9-11(18(25)26)5-6-22(9)17(24)12-8-15(23)21(2)16(12)10-3-4-13(19)14(20)7-10/h3-4,7,9,11-12,16H,5-6,8H2,1-2H3,(H,25,26). The second-order valence-corrected chi connectivity index (χ2v) is 7.35. The number of benzene rings is 1. The number of halogens is 2. The van der Waals surface area contributed by atoms with Crippen molar-refractivity contribution >= 4 is 29.4 Å². The largest absolute Gasteiger partial charge is 0.481 e. The van der Waals surface area contributed by atoms with Crippen LogP contribution in [0, 0.1) is 17.7 Å². The summed E-state index contributed by atoms with van der Waals surface area (Å²) < 4.78 is 13.9. The lowest BCUT2D eigenvalue weighted by atomic mass is 9.92. The van der Waals surface area contributed by atoms with Gasteiger partial charge < -0.3 is 14.9 Å². The zero-order chi connectivity index (χ0) is 19.2. The van der Waals surface area contributed by atoms with Crippen molar-refractivity contribution in [3.05, 3.63) is 34.6 Å². The Hall–Kier alpha value is -2.15. The van der Waals surface area contributed by atoms with Crippen LogP contribution in [-0.2, 0) is 14.4 Å². The third kappa shape index (κ3) is 3.05. The van der Waals surface area contributed by atoms with Crippen LogP contribution in [0.3, 0.4) is 0 Å². The molecule has 1 N–H and O–H groups in total. The highest BCUT2D eigenvalue weighted by Crippen LogP contribution is 2.40. The Morgan fingerprint density at radius 1 is 1.31 bits per heavy atom. The van der Waals surface area contributed by atoms with Crippen molar-refractivity contribution in [2.75, 3.05) is 13.6 Å². The molecule has 140 valence electrons. The molecule has 4 unspecified atom stereocenters. The van der Waals surface area contributed by atoms with Crippen LogP contribution in [0.1, 0.15) is 31.4 Å². The van der Waals surface area contributed by atoms with Crippen molar-refractivity contribution in [2.45, 2.75) is 31.8 Å². The number of carboxylic acids is 1. The first-order chi connectivity index (χ1) is 12.2. The number of aliphatic carboxylic acids is 1. The molecule has 8 heteroatoms. The maximum Gasteiger partial charge on any atom is 0.308 e. The predicted octanol–water partition coefficient (Wildman–Crippen LogP) is 2.32. The Morgan fingerprint density at radius 2 is 2.00 bits per heavy atom. The maximum absolute atomic E-state index is 13.9. The molecule has 2 fully saturated rings. The Kier molecular flexibility index (Phi) is 4.92. The van der Waals surface area contributed by atoms with Crippen molar-refractivity contribution < 1.29 is 23.9 Å². The fourth-order valence-corrected chi connectivity index (χ4v) is 4.15. The van der Waals surface area contributed by atoms with E-state index >= 15 is 0 Å². The Labute approximate surface area is 155 Å². The summed E-state index contributed by atoms with van der Waals surface area (Å²) in [6.07, 6.45) is 0.407. The van der Waals surface area contributed by atoms with E-state index in [1.165, 1.54) is 21.9 Å². The first-order valence-corrected chi connectivity index (χ1v) is 8.84. The van der Waals surface area contributed by atoms with Gasteiger partial charge in [0, 0.05) is 26.1 Å². The van der Waals surface area contributed by atoms with Gasteiger partial charge in [0.1, 0.15) is 5.82 Å². The summed E-state index contributed by atoms with van der Waals surface area (Å²) in [5, 5.41) is 9.24. The summed E-state index contributed by atoms with van der Waals surface area (Å²) >= 11 is 5.73. The number of hydrogen-bond donors (Lipinski definition) is 1. The fraction of sp³-hybridized carbons (Fsp3) is 0.500. The van der Waals surface area contributed by atoms with Gasteiger partial charge in [0.25, 0.3) is 0 Å². The van der Waals surface area contributed by atoms with Crippen LogP contribution in [0.5, 0.6) is 0 Å². The molecule has 3 rings (SSSR count). The monoisotopic (exact) mass is 382 g/mol. The highest BCUT2D eigenvalue weighted by atomic mass is 35.5. The van der Waals surface area contributed by atoms with Gasteiger partial charge in [0.15, 0.2) is 0 Å². The summed E-state index contributed by atoms with van der Waals surface area (Å²) in [7, 11) is 1.58. The topological polar surface area (TPSA) is 77.9 Å². The number of carboxylic acid groups (broad SMARTS) is 1. The number of likely N-dealkylation sites (tertiary alicyclic amines) is 2. The van der Waals surface area contributed by atoms with E-state index in [0.29, 0.717) is 18.5 Å². The SMILES string of the molecule is CC1C(C(=O)O)CCN1C(=O)C1CC(=O)N(C)C1c1ccc(Cl)c(F)c1. The molecule has 2 aliphatic rings. The number of carbonyl (C=O) groups excluding carboxylic acids is 2. The third-order valence-corrected chi connectivity index (χ3v) is 5.85. The number of nitrogens with zero attached hydrogens (tertiary/aromatic N) is 2. The molecule has 0 bridgehead atoms. The molecule has 4 atom stereocenters. The van der Waals surface area contributed by atoms with E-state index in [-0.39, 0.29) is 23.3 Å².